The number of nitrogens with zero attached hydrogens (tertiary/aromatic N) is 3. The molecule has 6 heteroatoms. The summed E-state index contributed by atoms with van der Waals surface area (Å²) < 4.78 is 0. The number of rotatable bonds is 7. The Balaban J connectivity index is 1.52. The van der Waals surface area contributed by atoms with E-state index in [0.717, 1.165) is 12.0 Å². The first-order chi connectivity index (χ1) is 12.3. The van der Waals surface area contributed by atoms with Crippen molar-refractivity contribution >= 4 is 11.7 Å². The van der Waals surface area contributed by atoms with Gasteiger partial charge in [-0.25, -0.2) is 9.97 Å². The maximum absolute atomic E-state index is 12.2. The number of pyridine rings is 1. The van der Waals surface area contributed by atoms with Crippen molar-refractivity contribution in [2.75, 3.05) is 11.9 Å². The van der Waals surface area contributed by atoms with E-state index in [0.29, 0.717) is 24.6 Å². The van der Waals surface area contributed by atoms with E-state index in [2.05, 4.69) is 25.6 Å². The molecule has 0 bridgehead atoms. The van der Waals surface area contributed by atoms with Crippen molar-refractivity contribution in [3.63, 3.8) is 0 Å². The molecule has 6 nitrogen and oxygen atoms in total. The Bertz CT molecular complexity index is 808. The topological polar surface area (TPSA) is 79.8 Å². The lowest BCUT2D eigenvalue weighted by molar-refractivity contribution is 0.0949. The lowest BCUT2D eigenvalue weighted by Gasteiger charge is -2.08. The fourth-order valence-corrected chi connectivity index (χ4v) is 2.33. The maximum Gasteiger partial charge on any atom is 0.270 e. The van der Waals surface area contributed by atoms with E-state index in [1.807, 2.05) is 42.5 Å². The predicted molar refractivity (Wildman–Crippen MR) is 96.1 cm³/mol. The summed E-state index contributed by atoms with van der Waals surface area (Å²) >= 11 is 0. The summed E-state index contributed by atoms with van der Waals surface area (Å²) in [6.45, 7) is 1.17. The van der Waals surface area contributed by atoms with Gasteiger partial charge in [0.2, 0.25) is 0 Å². The maximum atomic E-state index is 12.2. The number of benzene rings is 1. The van der Waals surface area contributed by atoms with Crippen LogP contribution in [0.15, 0.2) is 67.3 Å². The molecule has 0 aliphatic rings. The van der Waals surface area contributed by atoms with E-state index < -0.39 is 0 Å². The van der Waals surface area contributed by atoms with Crippen molar-refractivity contribution in [1.29, 1.82) is 0 Å². The molecule has 2 N–H and O–H groups in total. The largest absolute Gasteiger partial charge is 0.366 e. The molecule has 0 saturated carbocycles. The Hall–Kier alpha value is -3.28. The van der Waals surface area contributed by atoms with Crippen LogP contribution in [0.2, 0.25) is 0 Å². The van der Waals surface area contributed by atoms with E-state index in [9.17, 15) is 4.79 Å². The van der Waals surface area contributed by atoms with Crippen molar-refractivity contribution in [2.45, 2.75) is 13.0 Å². The Morgan fingerprint density at radius 3 is 2.56 bits per heavy atom. The quantitative estimate of drug-likeness (QED) is 0.694. The van der Waals surface area contributed by atoms with Crippen molar-refractivity contribution < 1.29 is 4.79 Å². The SMILES string of the molecule is O=C(NCCc1ccccc1)c1cc(NCc2ccncc2)ncn1. The molecule has 2 aromatic heterocycles. The zero-order valence-electron chi connectivity index (χ0n) is 13.7. The molecule has 0 aliphatic carbocycles. The molecule has 0 radical (unpaired) electrons. The van der Waals surface area contributed by atoms with Gasteiger partial charge in [-0.1, -0.05) is 30.3 Å². The lowest BCUT2D eigenvalue weighted by atomic mass is 10.1. The number of amides is 1. The number of hydrogen-bond acceptors (Lipinski definition) is 5. The average Bonchev–Trinajstić information content (AvgIpc) is 2.68. The molecular formula is C19H19N5O. The molecule has 126 valence electrons. The Kier molecular flexibility index (Phi) is 5.66. The third-order valence-electron chi connectivity index (χ3n) is 3.66. The summed E-state index contributed by atoms with van der Waals surface area (Å²) in [6, 6.07) is 15.5. The second-order valence-corrected chi connectivity index (χ2v) is 5.49. The summed E-state index contributed by atoms with van der Waals surface area (Å²) in [7, 11) is 0. The first-order valence-corrected chi connectivity index (χ1v) is 8.08. The highest BCUT2D eigenvalue weighted by Crippen LogP contribution is 2.07. The first kappa shape index (κ1) is 16.6. The third-order valence-corrected chi connectivity index (χ3v) is 3.66. The summed E-state index contributed by atoms with van der Waals surface area (Å²) in [5, 5.41) is 6.06. The van der Waals surface area contributed by atoms with Crippen LogP contribution < -0.4 is 10.6 Å². The molecule has 0 unspecified atom stereocenters. The summed E-state index contributed by atoms with van der Waals surface area (Å²) in [5.41, 5.74) is 2.62. The van der Waals surface area contributed by atoms with E-state index in [1.165, 1.54) is 11.9 Å². The van der Waals surface area contributed by atoms with Gasteiger partial charge in [-0.05, 0) is 29.7 Å². The molecule has 1 aromatic carbocycles. The number of anilines is 1. The second-order valence-electron chi connectivity index (χ2n) is 5.49. The van der Waals surface area contributed by atoms with Gasteiger partial charge >= 0.3 is 0 Å². The number of carbonyl (C=O) groups excluding carboxylic acids is 1. The zero-order chi connectivity index (χ0) is 17.3. The van der Waals surface area contributed by atoms with Gasteiger partial charge in [0.1, 0.15) is 17.8 Å². The van der Waals surface area contributed by atoms with Crippen molar-refractivity contribution in [2.24, 2.45) is 0 Å². The standard InChI is InChI=1S/C19H19N5O/c25-19(21-11-8-15-4-2-1-3-5-15)17-12-18(24-14-23-17)22-13-16-6-9-20-10-7-16/h1-7,9-10,12,14H,8,11,13H2,(H,21,25)(H,22,23,24). The van der Waals surface area contributed by atoms with E-state index in [-0.39, 0.29) is 5.91 Å². The molecule has 25 heavy (non-hydrogen) atoms. The van der Waals surface area contributed by atoms with Crippen LogP contribution in [0.25, 0.3) is 0 Å². The molecule has 2 heterocycles. The van der Waals surface area contributed by atoms with E-state index in [1.54, 1.807) is 18.5 Å². The highest BCUT2D eigenvalue weighted by atomic mass is 16.1. The van der Waals surface area contributed by atoms with Crippen LogP contribution in [0.3, 0.4) is 0 Å². The number of nitrogens with one attached hydrogen (secondary N) is 2. The van der Waals surface area contributed by atoms with Crippen LogP contribution in [0.4, 0.5) is 5.82 Å². The van der Waals surface area contributed by atoms with Gasteiger partial charge < -0.3 is 10.6 Å². The molecule has 0 aliphatic heterocycles. The highest BCUT2D eigenvalue weighted by Gasteiger charge is 2.08. The van der Waals surface area contributed by atoms with Crippen LogP contribution in [-0.4, -0.2) is 27.4 Å². The van der Waals surface area contributed by atoms with E-state index in [4.69, 9.17) is 0 Å². The van der Waals surface area contributed by atoms with Crippen molar-refractivity contribution in [3.05, 3.63) is 84.1 Å². The highest BCUT2D eigenvalue weighted by molar-refractivity contribution is 5.92. The van der Waals surface area contributed by atoms with Crippen LogP contribution in [-0.2, 0) is 13.0 Å². The van der Waals surface area contributed by atoms with Crippen LogP contribution >= 0.6 is 0 Å². The zero-order valence-corrected chi connectivity index (χ0v) is 13.7. The molecule has 0 fully saturated rings. The number of hydrogen-bond donors (Lipinski definition) is 2. The Labute approximate surface area is 146 Å². The normalized spacial score (nSPS) is 10.2. The molecule has 1 amide bonds. The van der Waals surface area contributed by atoms with Crippen molar-refractivity contribution in [3.8, 4) is 0 Å². The lowest BCUT2D eigenvalue weighted by Crippen LogP contribution is -2.26. The molecule has 0 atom stereocenters. The van der Waals surface area contributed by atoms with Crippen molar-refractivity contribution in [1.82, 2.24) is 20.3 Å². The van der Waals surface area contributed by atoms with Gasteiger partial charge in [0, 0.05) is 31.5 Å². The molecule has 3 aromatic rings. The average molecular weight is 333 g/mol. The smallest absolute Gasteiger partial charge is 0.270 e. The van der Waals surface area contributed by atoms with Gasteiger partial charge in [-0.15, -0.1) is 0 Å². The van der Waals surface area contributed by atoms with Crippen LogP contribution in [0.1, 0.15) is 21.6 Å². The minimum Gasteiger partial charge on any atom is -0.366 e. The monoisotopic (exact) mass is 333 g/mol. The second kappa shape index (κ2) is 8.54. The van der Waals surface area contributed by atoms with Gasteiger partial charge in [0.15, 0.2) is 0 Å². The molecule has 0 saturated heterocycles. The molecule has 0 spiro atoms. The molecular weight excluding hydrogens is 314 g/mol. The Morgan fingerprint density at radius 2 is 1.76 bits per heavy atom. The van der Waals surface area contributed by atoms with Gasteiger partial charge in [-0.2, -0.15) is 0 Å². The summed E-state index contributed by atoms with van der Waals surface area (Å²) in [6.07, 6.45) is 5.65. The Morgan fingerprint density at radius 1 is 0.960 bits per heavy atom. The van der Waals surface area contributed by atoms with Crippen LogP contribution in [0, 0.1) is 0 Å². The van der Waals surface area contributed by atoms with Gasteiger partial charge in [0.05, 0.1) is 0 Å². The fourth-order valence-electron chi connectivity index (χ4n) is 2.33. The number of carbonyl (C=O) groups is 1. The van der Waals surface area contributed by atoms with Crippen LogP contribution in [0.5, 0.6) is 0 Å². The summed E-state index contributed by atoms with van der Waals surface area (Å²) in [4.78, 5) is 24.4. The molecule has 3 rings (SSSR count). The minimum atomic E-state index is -0.203. The minimum absolute atomic E-state index is 0.203. The third kappa shape index (κ3) is 5.10. The van der Waals surface area contributed by atoms with Gasteiger partial charge in [0.25, 0.3) is 5.91 Å². The number of aromatic nitrogens is 3. The predicted octanol–water partition coefficient (Wildman–Crippen LogP) is 2.46. The van der Waals surface area contributed by atoms with Gasteiger partial charge in [-0.3, -0.25) is 9.78 Å². The first-order valence-electron chi connectivity index (χ1n) is 8.08. The fraction of sp³-hybridized carbons (Fsp3) is 0.158. The van der Waals surface area contributed by atoms with E-state index >= 15 is 0 Å². The summed E-state index contributed by atoms with van der Waals surface area (Å²) in [5.74, 6) is 0.408.